The zero-order chi connectivity index (χ0) is 9.97. The van der Waals surface area contributed by atoms with E-state index in [1.165, 1.54) is 0 Å². The monoisotopic (exact) mass is 192 g/mol. The summed E-state index contributed by atoms with van der Waals surface area (Å²) in [5.74, 6) is -1.04. The van der Waals surface area contributed by atoms with E-state index in [9.17, 15) is 4.79 Å². The third-order valence-electron chi connectivity index (χ3n) is 1.93. The number of nitrogens with zero attached hydrogens (tertiary/aromatic N) is 2. The van der Waals surface area contributed by atoms with Crippen molar-refractivity contribution in [3.05, 3.63) is 30.1 Å². The summed E-state index contributed by atoms with van der Waals surface area (Å²) in [4.78, 5) is 19.6. The fourth-order valence-electron chi connectivity index (χ4n) is 1.23. The van der Waals surface area contributed by atoms with Crippen molar-refractivity contribution in [2.24, 2.45) is 5.16 Å². The Morgan fingerprint density at radius 1 is 1.57 bits per heavy atom. The van der Waals surface area contributed by atoms with E-state index in [0.29, 0.717) is 5.69 Å². The minimum atomic E-state index is -1.04. The molecule has 0 unspecified atom stereocenters. The summed E-state index contributed by atoms with van der Waals surface area (Å²) in [6.45, 7) is 0. The van der Waals surface area contributed by atoms with Gasteiger partial charge in [0.05, 0.1) is 5.69 Å². The Balaban J connectivity index is 2.10. The van der Waals surface area contributed by atoms with Crippen LogP contribution in [-0.2, 0) is 9.63 Å². The highest BCUT2D eigenvalue weighted by Crippen LogP contribution is 2.25. The van der Waals surface area contributed by atoms with E-state index in [2.05, 4.69) is 10.1 Å². The van der Waals surface area contributed by atoms with Gasteiger partial charge >= 0.3 is 5.97 Å². The summed E-state index contributed by atoms with van der Waals surface area (Å²) in [6.07, 6.45) is 1.55. The van der Waals surface area contributed by atoms with Gasteiger partial charge in [0.25, 0.3) is 0 Å². The number of carboxylic acids is 1. The molecule has 0 aliphatic carbocycles. The first-order valence-electron chi connectivity index (χ1n) is 4.14. The van der Waals surface area contributed by atoms with Gasteiger partial charge in [-0.25, -0.2) is 4.79 Å². The van der Waals surface area contributed by atoms with Gasteiger partial charge in [-0.05, 0) is 12.1 Å². The van der Waals surface area contributed by atoms with Crippen LogP contribution in [0.3, 0.4) is 0 Å². The number of pyridine rings is 1. The Labute approximate surface area is 80.0 Å². The number of oxime groups is 1. The van der Waals surface area contributed by atoms with Gasteiger partial charge in [-0.2, -0.15) is 0 Å². The Kier molecular flexibility index (Phi) is 2.14. The van der Waals surface area contributed by atoms with Crippen LogP contribution in [-0.4, -0.2) is 21.8 Å². The molecule has 1 aliphatic heterocycles. The second-order valence-electron chi connectivity index (χ2n) is 2.90. The topological polar surface area (TPSA) is 71.8 Å². The molecule has 14 heavy (non-hydrogen) atoms. The molecule has 0 aromatic carbocycles. The van der Waals surface area contributed by atoms with Crippen LogP contribution in [0.15, 0.2) is 29.6 Å². The maximum absolute atomic E-state index is 10.5. The first-order valence-corrected chi connectivity index (χ1v) is 4.14. The zero-order valence-electron chi connectivity index (χ0n) is 7.25. The van der Waals surface area contributed by atoms with E-state index in [-0.39, 0.29) is 18.2 Å². The molecule has 1 aromatic rings. The minimum absolute atomic E-state index is 0.0423. The molecule has 1 atom stereocenters. The molecule has 0 amide bonds. The fourth-order valence-corrected chi connectivity index (χ4v) is 1.23. The van der Waals surface area contributed by atoms with Gasteiger partial charge in [0, 0.05) is 12.6 Å². The van der Waals surface area contributed by atoms with Crippen molar-refractivity contribution in [3.8, 4) is 0 Å². The highest BCUT2D eigenvalue weighted by molar-refractivity contribution is 6.35. The van der Waals surface area contributed by atoms with Crippen molar-refractivity contribution >= 4 is 11.7 Å². The maximum atomic E-state index is 10.5. The van der Waals surface area contributed by atoms with Crippen molar-refractivity contribution in [1.29, 1.82) is 0 Å². The highest BCUT2D eigenvalue weighted by Gasteiger charge is 2.27. The molecule has 0 radical (unpaired) electrons. The quantitative estimate of drug-likeness (QED) is 0.758. The minimum Gasteiger partial charge on any atom is -0.477 e. The molecule has 2 heterocycles. The number of rotatable bonds is 2. The number of hydrogen-bond donors (Lipinski definition) is 1. The van der Waals surface area contributed by atoms with Crippen molar-refractivity contribution in [1.82, 2.24) is 4.98 Å². The summed E-state index contributed by atoms with van der Waals surface area (Å²) in [5.41, 5.74) is 0.744. The summed E-state index contributed by atoms with van der Waals surface area (Å²) in [7, 11) is 0. The lowest BCUT2D eigenvalue weighted by molar-refractivity contribution is -0.129. The van der Waals surface area contributed by atoms with E-state index in [1.54, 1.807) is 18.3 Å². The van der Waals surface area contributed by atoms with Crippen molar-refractivity contribution in [2.45, 2.75) is 12.5 Å². The first-order chi connectivity index (χ1) is 6.77. The lowest BCUT2D eigenvalue weighted by Crippen LogP contribution is -2.11. The predicted octanol–water partition coefficient (Wildman–Crippen LogP) is 0.984. The van der Waals surface area contributed by atoms with E-state index in [1.807, 2.05) is 6.07 Å². The Bertz CT molecular complexity index is 375. The van der Waals surface area contributed by atoms with Crippen LogP contribution in [0.1, 0.15) is 18.2 Å². The van der Waals surface area contributed by atoms with Gasteiger partial charge in [0.1, 0.15) is 0 Å². The molecule has 1 aromatic heterocycles. The van der Waals surface area contributed by atoms with Crippen LogP contribution >= 0.6 is 0 Å². The van der Waals surface area contributed by atoms with Gasteiger partial charge in [-0.1, -0.05) is 11.2 Å². The molecule has 0 saturated carbocycles. The summed E-state index contributed by atoms with van der Waals surface area (Å²) in [6, 6.07) is 5.40. The number of aliphatic carboxylic acids is 1. The second-order valence-corrected chi connectivity index (χ2v) is 2.90. The van der Waals surface area contributed by atoms with E-state index in [0.717, 1.165) is 0 Å². The van der Waals surface area contributed by atoms with Gasteiger partial charge in [0.2, 0.25) is 0 Å². The summed E-state index contributed by atoms with van der Waals surface area (Å²) < 4.78 is 0. The maximum Gasteiger partial charge on any atom is 0.353 e. The fraction of sp³-hybridized carbons (Fsp3) is 0.222. The molecule has 72 valence electrons. The molecule has 0 spiro atoms. The SMILES string of the molecule is O=C(O)C1=NO[C@@H](c2ccccn2)C1. The van der Waals surface area contributed by atoms with Gasteiger partial charge < -0.3 is 9.94 Å². The third-order valence-corrected chi connectivity index (χ3v) is 1.93. The molecule has 5 nitrogen and oxygen atoms in total. The number of carbonyl (C=O) groups is 1. The molecule has 0 bridgehead atoms. The molecule has 0 fully saturated rings. The molecular weight excluding hydrogens is 184 g/mol. The van der Waals surface area contributed by atoms with Gasteiger partial charge in [0.15, 0.2) is 11.8 Å². The predicted molar refractivity (Wildman–Crippen MR) is 47.8 cm³/mol. The van der Waals surface area contributed by atoms with Crippen molar-refractivity contribution in [3.63, 3.8) is 0 Å². The Hall–Kier alpha value is -1.91. The van der Waals surface area contributed by atoms with Crippen molar-refractivity contribution in [2.75, 3.05) is 0 Å². The Morgan fingerprint density at radius 2 is 2.43 bits per heavy atom. The molecule has 0 saturated heterocycles. The van der Waals surface area contributed by atoms with Crippen LogP contribution in [0.5, 0.6) is 0 Å². The highest BCUT2D eigenvalue weighted by atomic mass is 16.6. The summed E-state index contributed by atoms with van der Waals surface area (Å²) >= 11 is 0. The molecular formula is C9H8N2O3. The van der Waals surface area contributed by atoms with Crippen LogP contribution < -0.4 is 0 Å². The van der Waals surface area contributed by atoms with E-state index < -0.39 is 5.97 Å². The standard InChI is InChI=1S/C9H8N2O3/c12-9(13)7-5-8(14-11-7)6-3-1-2-4-10-6/h1-4,8H,5H2,(H,12,13)/t8-/m1/s1. The van der Waals surface area contributed by atoms with Crippen LogP contribution in [0.4, 0.5) is 0 Å². The van der Waals surface area contributed by atoms with E-state index >= 15 is 0 Å². The lowest BCUT2D eigenvalue weighted by Gasteiger charge is -2.05. The average Bonchev–Trinajstić information content (AvgIpc) is 2.68. The number of aromatic nitrogens is 1. The molecule has 1 N–H and O–H groups in total. The van der Waals surface area contributed by atoms with Gasteiger partial charge in [-0.3, -0.25) is 4.98 Å². The van der Waals surface area contributed by atoms with Gasteiger partial charge in [-0.15, -0.1) is 0 Å². The summed E-state index contributed by atoms with van der Waals surface area (Å²) in [5, 5.41) is 12.1. The first kappa shape index (κ1) is 8.68. The second kappa shape index (κ2) is 3.45. The van der Waals surface area contributed by atoms with Crippen molar-refractivity contribution < 1.29 is 14.7 Å². The average molecular weight is 192 g/mol. The van der Waals surface area contributed by atoms with Crippen LogP contribution in [0, 0.1) is 0 Å². The largest absolute Gasteiger partial charge is 0.477 e. The Morgan fingerprint density at radius 3 is 3.00 bits per heavy atom. The number of carboxylic acid groups (broad SMARTS) is 1. The number of hydrogen-bond acceptors (Lipinski definition) is 4. The molecule has 2 rings (SSSR count). The van der Waals surface area contributed by atoms with Crippen LogP contribution in [0.25, 0.3) is 0 Å². The smallest absolute Gasteiger partial charge is 0.353 e. The lowest BCUT2D eigenvalue weighted by atomic mass is 10.1. The van der Waals surface area contributed by atoms with E-state index in [4.69, 9.17) is 9.94 Å². The van der Waals surface area contributed by atoms with Crippen LogP contribution in [0.2, 0.25) is 0 Å². The zero-order valence-corrected chi connectivity index (χ0v) is 7.25. The third kappa shape index (κ3) is 1.56. The normalized spacial score (nSPS) is 20.0. The molecule has 1 aliphatic rings. The molecule has 5 heteroatoms.